The van der Waals surface area contributed by atoms with Gasteiger partial charge in [0.15, 0.2) is 0 Å². The highest BCUT2D eigenvalue weighted by molar-refractivity contribution is 5.95. The molecule has 1 fully saturated rings. The maximum absolute atomic E-state index is 13.0. The molecule has 5 rings (SSSR count). The second-order valence-corrected chi connectivity index (χ2v) is 6.68. The molecule has 0 spiro atoms. The summed E-state index contributed by atoms with van der Waals surface area (Å²) in [5.41, 5.74) is 4.38. The number of nitrogens with one attached hydrogen (secondary N) is 2. The first-order valence-corrected chi connectivity index (χ1v) is 8.27. The Balaban J connectivity index is 1.48. The Bertz CT molecular complexity index is 1120. The largest absolute Gasteiger partial charge is 0.351 e. The average molecular weight is 355 g/mol. The summed E-state index contributed by atoms with van der Waals surface area (Å²) in [5, 5.41) is 11.9. The monoisotopic (exact) mass is 355 g/mol. The fourth-order valence-electron chi connectivity index (χ4n) is 3.36. The predicted octanol–water partition coefficient (Wildman–Crippen LogP) is 3.12. The summed E-state index contributed by atoms with van der Waals surface area (Å²) in [6.07, 6.45) is 3.22. The summed E-state index contributed by atoms with van der Waals surface area (Å²) in [6, 6.07) is 5.63. The van der Waals surface area contributed by atoms with Crippen molar-refractivity contribution in [1.82, 2.24) is 29.9 Å². The first-order valence-electron chi connectivity index (χ1n) is 8.27. The van der Waals surface area contributed by atoms with Crippen molar-refractivity contribution in [3.8, 4) is 11.1 Å². The Hall–Kier alpha value is -3.10. The molecular formula is C17H15F2N7. The van der Waals surface area contributed by atoms with Gasteiger partial charge >= 0.3 is 0 Å². The molecule has 0 aliphatic heterocycles. The van der Waals surface area contributed by atoms with Gasteiger partial charge in [0.2, 0.25) is 5.95 Å². The average Bonchev–Trinajstić information content (AvgIpc) is 3.16. The number of nitrogens with zero attached hydrogens (tertiary/aromatic N) is 5. The van der Waals surface area contributed by atoms with Crippen LogP contribution in [0.1, 0.15) is 12.8 Å². The summed E-state index contributed by atoms with van der Waals surface area (Å²) in [6.45, 7) is 0. The molecule has 26 heavy (non-hydrogen) atoms. The van der Waals surface area contributed by atoms with Gasteiger partial charge in [0.25, 0.3) is 5.92 Å². The quantitative estimate of drug-likeness (QED) is 0.590. The normalized spacial score (nSPS) is 16.9. The molecule has 3 heterocycles. The third-order valence-corrected chi connectivity index (χ3v) is 4.78. The van der Waals surface area contributed by atoms with E-state index >= 15 is 0 Å². The fraction of sp³-hybridized carbons (Fsp3) is 0.294. The second-order valence-electron chi connectivity index (χ2n) is 6.68. The number of fused-ring (bicyclic) bond motifs is 2. The standard InChI is InChI=1S/C17H15F2N7/c1-26-14-4-9(2-3-13(14)24-25-26)11-7-20-15-12(11)8-21-16(23-15)22-10-5-17(18,19)6-10/h2-4,7-8,10H,5-6H2,1H3,(H2,20,21,22,23). The van der Waals surface area contributed by atoms with Crippen LogP contribution >= 0.6 is 0 Å². The van der Waals surface area contributed by atoms with Crippen molar-refractivity contribution in [3.63, 3.8) is 0 Å². The molecule has 3 aromatic heterocycles. The zero-order chi connectivity index (χ0) is 17.9. The van der Waals surface area contributed by atoms with Crippen LogP contribution in [0.25, 0.3) is 33.2 Å². The molecule has 0 unspecified atom stereocenters. The number of hydrogen-bond acceptors (Lipinski definition) is 5. The molecule has 0 saturated heterocycles. The molecule has 1 aliphatic rings. The second kappa shape index (κ2) is 5.20. The van der Waals surface area contributed by atoms with Crippen LogP contribution in [0.15, 0.2) is 30.6 Å². The zero-order valence-electron chi connectivity index (χ0n) is 13.9. The van der Waals surface area contributed by atoms with Gasteiger partial charge in [-0.05, 0) is 17.7 Å². The maximum Gasteiger partial charge on any atom is 0.252 e. The van der Waals surface area contributed by atoms with Gasteiger partial charge in [-0.1, -0.05) is 11.3 Å². The molecule has 132 valence electrons. The topological polar surface area (TPSA) is 84.3 Å². The molecule has 0 amide bonds. The van der Waals surface area contributed by atoms with Crippen molar-refractivity contribution >= 4 is 28.0 Å². The minimum absolute atomic E-state index is 0.177. The van der Waals surface area contributed by atoms with Gasteiger partial charge in [-0.3, -0.25) is 0 Å². The van der Waals surface area contributed by atoms with E-state index in [-0.39, 0.29) is 18.9 Å². The molecule has 1 aromatic carbocycles. The number of benzene rings is 1. The highest BCUT2D eigenvalue weighted by Gasteiger charge is 2.45. The number of H-pyrrole nitrogens is 1. The van der Waals surface area contributed by atoms with Crippen LogP contribution in [0.5, 0.6) is 0 Å². The van der Waals surface area contributed by atoms with Crippen molar-refractivity contribution in [2.75, 3.05) is 5.32 Å². The van der Waals surface area contributed by atoms with Crippen LogP contribution in [0.2, 0.25) is 0 Å². The van der Waals surface area contributed by atoms with Crippen LogP contribution in [0.4, 0.5) is 14.7 Å². The Labute approximate surface area is 146 Å². The van der Waals surface area contributed by atoms with E-state index in [1.54, 1.807) is 10.9 Å². The first-order chi connectivity index (χ1) is 12.5. The molecule has 4 aromatic rings. The van der Waals surface area contributed by atoms with E-state index in [0.29, 0.717) is 11.6 Å². The van der Waals surface area contributed by atoms with Crippen molar-refractivity contribution in [3.05, 3.63) is 30.6 Å². The number of aromatic nitrogens is 6. The van der Waals surface area contributed by atoms with Gasteiger partial charge < -0.3 is 10.3 Å². The van der Waals surface area contributed by atoms with Crippen molar-refractivity contribution in [2.24, 2.45) is 7.05 Å². The zero-order valence-corrected chi connectivity index (χ0v) is 13.9. The van der Waals surface area contributed by atoms with Gasteiger partial charge in [0, 0.05) is 49.3 Å². The Morgan fingerprint density at radius 3 is 2.96 bits per heavy atom. The summed E-state index contributed by atoms with van der Waals surface area (Å²) < 4.78 is 27.6. The van der Waals surface area contributed by atoms with E-state index in [2.05, 4.69) is 30.6 Å². The van der Waals surface area contributed by atoms with Gasteiger partial charge in [0.1, 0.15) is 11.2 Å². The predicted molar refractivity (Wildman–Crippen MR) is 93.0 cm³/mol. The van der Waals surface area contributed by atoms with Crippen molar-refractivity contribution < 1.29 is 8.78 Å². The fourth-order valence-corrected chi connectivity index (χ4v) is 3.36. The smallest absolute Gasteiger partial charge is 0.252 e. The third-order valence-electron chi connectivity index (χ3n) is 4.78. The van der Waals surface area contributed by atoms with E-state index in [9.17, 15) is 8.78 Å². The van der Waals surface area contributed by atoms with Crippen LogP contribution in [-0.4, -0.2) is 41.9 Å². The molecule has 7 nitrogen and oxygen atoms in total. The lowest BCUT2D eigenvalue weighted by Gasteiger charge is -2.35. The molecule has 9 heteroatoms. The number of rotatable bonds is 3. The lowest BCUT2D eigenvalue weighted by molar-refractivity contribution is -0.0794. The first kappa shape index (κ1) is 15.2. The van der Waals surface area contributed by atoms with Crippen LogP contribution in [0, 0.1) is 0 Å². The van der Waals surface area contributed by atoms with Crippen LogP contribution in [0.3, 0.4) is 0 Å². The number of aromatic amines is 1. The van der Waals surface area contributed by atoms with Gasteiger partial charge in [-0.15, -0.1) is 5.10 Å². The molecule has 2 N–H and O–H groups in total. The highest BCUT2D eigenvalue weighted by atomic mass is 19.3. The number of anilines is 1. The van der Waals surface area contributed by atoms with E-state index in [0.717, 1.165) is 27.5 Å². The summed E-state index contributed by atoms with van der Waals surface area (Å²) in [5.74, 6) is -2.21. The summed E-state index contributed by atoms with van der Waals surface area (Å²) in [7, 11) is 1.85. The molecule has 1 aliphatic carbocycles. The third kappa shape index (κ3) is 2.39. The van der Waals surface area contributed by atoms with Gasteiger partial charge in [-0.2, -0.15) is 4.98 Å². The van der Waals surface area contributed by atoms with Gasteiger partial charge in [0.05, 0.1) is 5.52 Å². The Morgan fingerprint density at radius 2 is 2.15 bits per heavy atom. The lowest BCUT2D eigenvalue weighted by atomic mass is 9.88. The highest BCUT2D eigenvalue weighted by Crippen LogP contribution is 2.38. The van der Waals surface area contributed by atoms with E-state index in [4.69, 9.17) is 0 Å². The number of alkyl halides is 2. The molecule has 0 atom stereocenters. The van der Waals surface area contributed by atoms with Crippen LogP contribution < -0.4 is 5.32 Å². The van der Waals surface area contributed by atoms with Crippen LogP contribution in [-0.2, 0) is 7.05 Å². The maximum atomic E-state index is 13.0. The minimum atomic E-state index is -2.57. The molecule has 0 radical (unpaired) electrons. The van der Waals surface area contributed by atoms with E-state index in [1.165, 1.54) is 0 Å². The SMILES string of the molecule is Cn1nnc2ccc(-c3c[nH]c4nc(NC5CC(F)(F)C5)ncc34)cc21. The molecule has 1 saturated carbocycles. The molecule has 0 bridgehead atoms. The van der Waals surface area contributed by atoms with Gasteiger partial charge in [-0.25, -0.2) is 18.4 Å². The van der Waals surface area contributed by atoms with E-state index < -0.39 is 5.92 Å². The Kier molecular flexibility index (Phi) is 3.03. The number of hydrogen-bond donors (Lipinski definition) is 2. The number of aryl methyl sites for hydroxylation is 1. The molecular weight excluding hydrogens is 340 g/mol. The van der Waals surface area contributed by atoms with Crippen molar-refractivity contribution in [1.29, 1.82) is 0 Å². The number of halogens is 2. The lowest BCUT2D eigenvalue weighted by Crippen LogP contribution is -2.44. The van der Waals surface area contributed by atoms with Crippen molar-refractivity contribution in [2.45, 2.75) is 24.8 Å². The van der Waals surface area contributed by atoms with E-state index in [1.807, 2.05) is 31.4 Å². The summed E-state index contributed by atoms with van der Waals surface area (Å²) >= 11 is 0. The minimum Gasteiger partial charge on any atom is -0.351 e. The Morgan fingerprint density at radius 1 is 1.31 bits per heavy atom. The summed E-state index contributed by atoms with van der Waals surface area (Å²) in [4.78, 5) is 11.8.